The van der Waals surface area contributed by atoms with E-state index in [-0.39, 0.29) is 0 Å². The van der Waals surface area contributed by atoms with Crippen LogP contribution >= 0.6 is 23.2 Å². The van der Waals surface area contributed by atoms with Gasteiger partial charge >= 0.3 is 0 Å². The Bertz CT molecular complexity index is 591. The van der Waals surface area contributed by atoms with Gasteiger partial charge < -0.3 is 15.1 Å². The number of piperazine rings is 2. The van der Waals surface area contributed by atoms with Gasteiger partial charge in [-0.3, -0.25) is 9.69 Å². The summed E-state index contributed by atoms with van der Waals surface area (Å²) in [5.41, 5.74) is 1.06. The second-order valence-electron chi connectivity index (χ2n) is 5.96. The standard InChI is InChI=1S/C11H12Cl2N2O.C7H12N2/c12-10-2-1-9(7-11(10)13)15-5-3-14(8-16)4-6-15;1-2-5-9-6-3-8-4-7-9/h1-2,7-8H,3-6H2;1,8H,3-7H2. The maximum absolute atomic E-state index is 10.6. The Morgan fingerprint density at radius 2 is 1.76 bits per heavy atom. The lowest BCUT2D eigenvalue weighted by atomic mass is 10.2. The molecule has 0 spiro atoms. The molecule has 25 heavy (non-hydrogen) atoms. The molecular formula is C18H24Cl2N4O. The minimum absolute atomic E-state index is 0.567. The highest BCUT2D eigenvalue weighted by molar-refractivity contribution is 6.42. The predicted molar refractivity (Wildman–Crippen MR) is 104 cm³/mol. The summed E-state index contributed by atoms with van der Waals surface area (Å²) in [6.45, 7) is 8.35. The number of carbonyl (C=O) groups excluding carboxylic acids is 1. The minimum Gasteiger partial charge on any atom is -0.368 e. The molecule has 3 rings (SSSR count). The fraction of sp³-hybridized carbons (Fsp3) is 0.500. The first-order valence-corrected chi connectivity index (χ1v) is 9.15. The summed E-state index contributed by atoms with van der Waals surface area (Å²) < 4.78 is 0. The summed E-state index contributed by atoms with van der Waals surface area (Å²) in [6, 6.07) is 5.61. The van der Waals surface area contributed by atoms with Crippen molar-refractivity contribution >= 4 is 35.3 Å². The molecule has 0 radical (unpaired) electrons. The maximum atomic E-state index is 10.6. The van der Waals surface area contributed by atoms with E-state index in [9.17, 15) is 4.79 Å². The van der Waals surface area contributed by atoms with Crippen molar-refractivity contribution in [2.75, 3.05) is 63.8 Å². The van der Waals surface area contributed by atoms with E-state index in [1.165, 1.54) is 0 Å². The Morgan fingerprint density at radius 1 is 1.08 bits per heavy atom. The summed E-state index contributed by atoms with van der Waals surface area (Å²) >= 11 is 11.8. The van der Waals surface area contributed by atoms with Gasteiger partial charge in [-0.25, -0.2) is 0 Å². The smallest absolute Gasteiger partial charge is 0.209 e. The SMILES string of the molecule is C#CCN1CCNCC1.O=CN1CCN(c2ccc(Cl)c(Cl)c2)CC1. The zero-order chi connectivity index (χ0) is 18.1. The van der Waals surface area contributed by atoms with Gasteiger partial charge in [-0.05, 0) is 18.2 Å². The van der Waals surface area contributed by atoms with E-state index in [0.29, 0.717) is 10.0 Å². The van der Waals surface area contributed by atoms with E-state index < -0.39 is 0 Å². The van der Waals surface area contributed by atoms with E-state index >= 15 is 0 Å². The van der Waals surface area contributed by atoms with Gasteiger partial charge in [0.15, 0.2) is 0 Å². The van der Waals surface area contributed by atoms with E-state index in [1.54, 1.807) is 11.0 Å². The highest BCUT2D eigenvalue weighted by Gasteiger charge is 2.16. The number of terminal acetylenes is 1. The van der Waals surface area contributed by atoms with Crippen LogP contribution < -0.4 is 10.2 Å². The van der Waals surface area contributed by atoms with Crippen molar-refractivity contribution in [1.82, 2.24) is 15.1 Å². The van der Waals surface area contributed by atoms with Crippen LogP contribution in [0.2, 0.25) is 10.0 Å². The fourth-order valence-electron chi connectivity index (χ4n) is 2.77. The van der Waals surface area contributed by atoms with E-state index in [2.05, 4.69) is 21.0 Å². The third-order valence-electron chi connectivity index (χ3n) is 4.26. The largest absolute Gasteiger partial charge is 0.368 e. The van der Waals surface area contributed by atoms with Crippen molar-refractivity contribution in [2.24, 2.45) is 0 Å². The molecule has 2 aliphatic rings. The van der Waals surface area contributed by atoms with Gasteiger partial charge in [-0.1, -0.05) is 29.1 Å². The molecule has 0 unspecified atom stereocenters. The maximum Gasteiger partial charge on any atom is 0.209 e. The number of carbonyl (C=O) groups is 1. The average Bonchev–Trinajstić information content (AvgIpc) is 2.66. The number of hydrogen-bond acceptors (Lipinski definition) is 4. The molecule has 0 bridgehead atoms. The van der Waals surface area contributed by atoms with Crippen molar-refractivity contribution in [2.45, 2.75) is 0 Å². The summed E-state index contributed by atoms with van der Waals surface area (Å²) in [4.78, 5) is 16.8. The highest BCUT2D eigenvalue weighted by Crippen LogP contribution is 2.27. The third kappa shape index (κ3) is 6.41. The molecule has 0 saturated carbocycles. The lowest BCUT2D eigenvalue weighted by Gasteiger charge is -2.34. The van der Waals surface area contributed by atoms with Gasteiger partial charge in [-0.15, -0.1) is 6.42 Å². The number of amides is 1. The van der Waals surface area contributed by atoms with Crippen molar-refractivity contribution in [3.05, 3.63) is 28.2 Å². The number of rotatable bonds is 3. The Kier molecular flexibility index (Phi) is 8.36. The summed E-state index contributed by atoms with van der Waals surface area (Å²) in [5, 5.41) is 4.40. The number of benzene rings is 1. The lowest BCUT2D eigenvalue weighted by Crippen LogP contribution is -2.45. The molecule has 1 amide bonds. The monoisotopic (exact) mass is 382 g/mol. The van der Waals surface area contributed by atoms with Crippen molar-refractivity contribution in [3.63, 3.8) is 0 Å². The first-order chi connectivity index (χ1) is 12.1. The van der Waals surface area contributed by atoms with Crippen LogP contribution in [-0.2, 0) is 4.79 Å². The van der Waals surface area contributed by atoms with E-state index in [1.807, 2.05) is 12.1 Å². The van der Waals surface area contributed by atoms with Crippen LogP contribution in [0.25, 0.3) is 0 Å². The third-order valence-corrected chi connectivity index (χ3v) is 5.00. The average molecular weight is 383 g/mol. The normalized spacial score (nSPS) is 18.1. The van der Waals surface area contributed by atoms with E-state index in [0.717, 1.165) is 71.0 Å². The molecule has 1 aromatic carbocycles. The number of nitrogens with zero attached hydrogens (tertiary/aromatic N) is 3. The number of halogens is 2. The van der Waals surface area contributed by atoms with Crippen molar-refractivity contribution in [1.29, 1.82) is 0 Å². The molecule has 2 fully saturated rings. The summed E-state index contributed by atoms with van der Waals surface area (Å²) in [6.07, 6.45) is 6.04. The molecule has 0 aromatic heterocycles. The Morgan fingerprint density at radius 3 is 2.32 bits per heavy atom. The number of anilines is 1. The van der Waals surface area contributed by atoms with Crippen LogP contribution in [0.1, 0.15) is 0 Å². The van der Waals surface area contributed by atoms with Crippen LogP contribution in [-0.4, -0.2) is 75.1 Å². The molecular weight excluding hydrogens is 359 g/mol. The van der Waals surface area contributed by atoms with Gasteiger partial charge in [0.05, 0.1) is 16.6 Å². The van der Waals surface area contributed by atoms with Crippen LogP contribution in [0.15, 0.2) is 18.2 Å². The van der Waals surface area contributed by atoms with Crippen LogP contribution in [0, 0.1) is 12.3 Å². The molecule has 1 aromatic rings. The zero-order valence-corrected chi connectivity index (χ0v) is 15.8. The van der Waals surface area contributed by atoms with Gasteiger partial charge in [0.1, 0.15) is 0 Å². The Balaban J connectivity index is 0.000000212. The van der Waals surface area contributed by atoms with Gasteiger partial charge in [0.2, 0.25) is 6.41 Å². The van der Waals surface area contributed by atoms with Crippen LogP contribution in [0.4, 0.5) is 5.69 Å². The molecule has 136 valence electrons. The molecule has 7 heteroatoms. The predicted octanol–water partition coefficient (Wildman–Crippen LogP) is 1.80. The van der Waals surface area contributed by atoms with Crippen molar-refractivity contribution in [3.8, 4) is 12.3 Å². The molecule has 0 aliphatic carbocycles. The zero-order valence-electron chi connectivity index (χ0n) is 14.3. The summed E-state index contributed by atoms with van der Waals surface area (Å²) in [7, 11) is 0. The number of nitrogens with one attached hydrogen (secondary N) is 1. The van der Waals surface area contributed by atoms with Gasteiger partial charge in [0, 0.05) is 58.0 Å². The van der Waals surface area contributed by atoms with Gasteiger partial charge in [0.25, 0.3) is 0 Å². The molecule has 2 heterocycles. The van der Waals surface area contributed by atoms with Gasteiger partial charge in [-0.2, -0.15) is 0 Å². The molecule has 2 saturated heterocycles. The molecule has 1 N–H and O–H groups in total. The first-order valence-electron chi connectivity index (χ1n) is 8.40. The Labute approximate surface area is 159 Å². The summed E-state index contributed by atoms with van der Waals surface area (Å²) in [5.74, 6) is 2.64. The lowest BCUT2D eigenvalue weighted by molar-refractivity contribution is -0.118. The molecule has 2 aliphatic heterocycles. The second-order valence-corrected chi connectivity index (χ2v) is 6.77. The quantitative estimate of drug-likeness (QED) is 0.638. The van der Waals surface area contributed by atoms with Crippen LogP contribution in [0.5, 0.6) is 0 Å². The van der Waals surface area contributed by atoms with E-state index in [4.69, 9.17) is 29.6 Å². The first kappa shape index (κ1) is 19.9. The van der Waals surface area contributed by atoms with Crippen LogP contribution in [0.3, 0.4) is 0 Å². The Hall–Kier alpha value is -1.45. The fourth-order valence-corrected chi connectivity index (χ4v) is 3.06. The highest BCUT2D eigenvalue weighted by atomic mass is 35.5. The second kappa shape index (κ2) is 10.5. The molecule has 0 atom stereocenters. The topological polar surface area (TPSA) is 38.8 Å². The van der Waals surface area contributed by atoms with Crippen molar-refractivity contribution < 1.29 is 4.79 Å². The molecule has 5 nitrogen and oxygen atoms in total. The minimum atomic E-state index is 0.567. The number of hydrogen-bond donors (Lipinski definition) is 1.